The zero-order chi connectivity index (χ0) is 10.3. The Kier molecular flexibility index (Phi) is 6.10. The van der Waals surface area contributed by atoms with Crippen molar-refractivity contribution in [1.82, 2.24) is 5.32 Å². The van der Waals surface area contributed by atoms with Crippen molar-refractivity contribution in [3.8, 4) is 0 Å². The molecule has 0 rings (SSSR count). The fourth-order valence-electron chi connectivity index (χ4n) is 0.776. The molecule has 0 aliphatic heterocycles. The van der Waals surface area contributed by atoms with E-state index >= 15 is 0 Å². The molecule has 13 heavy (non-hydrogen) atoms. The van der Waals surface area contributed by atoms with Crippen LogP contribution >= 0.6 is 0 Å². The minimum Gasteiger partial charge on any atom is -0.352 e. The lowest BCUT2D eigenvalue weighted by molar-refractivity contribution is -0.117. The first-order valence-electron chi connectivity index (χ1n) is 4.26. The van der Waals surface area contributed by atoms with E-state index in [4.69, 9.17) is 0 Å². The number of hydrogen-bond acceptors (Lipinski definition) is 1. The van der Waals surface area contributed by atoms with Crippen LogP contribution in [0.4, 0.5) is 8.78 Å². The van der Waals surface area contributed by atoms with Gasteiger partial charge in [-0.25, -0.2) is 8.78 Å². The SMILES string of the molecule is C=C(C)C(=O)NCCCCC(F)F. The summed E-state index contributed by atoms with van der Waals surface area (Å²) in [5, 5.41) is 2.57. The van der Waals surface area contributed by atoms with E-state index in [1.807, 2.05) is 0 Å². The Labute approximate surface area is 77.0 Å². The second kappa shape index (κ2) is 6.57. The van der Waals surface area contributed by atoms with Gasteiger partial charge >= 0.3 is 0 Å². The Morgan fingerprint density at radius 1 is 1.46 bits per heavy atom. The Morgan fingerprint density at radius 3 is 2.54 bits per heavy atom. The molecule has 0 bridgehead atoms. The fourth-order valence-corrected chi connectivity index (χ4v) is 0.776. The predicted octanol–water partition coefficient (Wildman–Crippen LogP) is 2.11. The van der Waals surface area contributed by atoms with Crippen molar-refractivity contribution in [2.45, 2.75) is 32.6 Å². The number of hydrogen-bond donors (Lipinski definition) is 1. The maximum absolute atomic E-state index is 11.6. The standard InChI is InChI=1S/C9H15F2NO/c1-7(2)9(13)12-6-4-3-5-8(10)11/h8H,1,3-6H2,2H3,(H,12,13). The van der Waals surface area contributed by atoms with E-state index in [9.17, 15) is 13.6 Å². The summed E-state index contributed by atoms with van der Waals surface area (Å²) in [5.41, 5.74) is 0.439. The van der Waals surface area contributed by atoms with Crippen LogP contribution in [0.3, 0.4) is 0 Å². The van der Waals surface area contributed by atoms with E-state index in [1.54, 1.807) is 6.92 Å². The summed E-state index contributed by atoms with van der Waals surface area (Å²) in [5.74, 6) is -0.211. The molecule has 0 aromatic heterocycles. The first kappa shape index (κ1) is 12.1. The van der Waals surface area contributed by atoms with E-state index in [2.05, 4.69) is 11.9 Å². The summed E-state index contributed by atoms with van der Waals surface area (Å²) in [7, 11) is 0. The zero-order valence-corrected chi connectivity index (χ0v) is 7.78. The van der Waals surface area contributed by atoms with Gasteiger partial charge in [0.05, 0.1) is 0 Å². The highest BCUT2D eigenvalue weighted by Gasteiger charge is 2.02. The summed E-state index contributed by atoms with van der Waals surface area (Å²) in [6, 6.07) is 0. The second-order valence-electron chi connectivity index (χ2n) is 2.92. The highest BCUT2D eigenvalue weighted by molar-refractivity contribution is 5.91. The lowest BCUT2D eigenvalue weighted by Crippen LogP contribution is -2.24. The van der Waals surface area contributed by atoms with Crippen molar-refractivity contribution in [3.63, 3.8) is 0 Å². The number of amides is 1. The molecule has 0 unspecified atom stereocenters. The third-order valence-corrected chi connectivity index (χ3v) is 1.52. The van der Waals surface area contributed by atoms with Crippen LogP contribution in [0, 0.1) is 0 Å². The molecule has 0 fully saturated rings. The van der Waals surface area contributed by atoms with Crippen LogP contribution in [0.5, 0.6) is 0 Å². The normalized spacial score (nSPS) is 10.2. The lowest BCUT2D eigenvalue weighted by Gasteiger charge is -2.03. The van der Waals surface area contributed by atoms with Crippen molar-refractivity contribution < 1.29 is 13.6 Å². The van der Waals surface area contributed by atoms with Crippen LogP contribution < -0.4 is 5.32 Å². The monoisotopic (exact) mass is 191 g/mol. The molecule has 0 spiro atoms. The molecule has 0 aliphatic rings. The third-order valence-electron chi connectivity index (χ3n) is 1.52. The molecule has 0 aromatic rings. The van der Waals surface area contributed by atoms with Gasteiger partial charge in [-0.1, -0.05) is 6.58 Å². The van der Waals surface area contributed by atoms with Crippen LogP contribution in [-0.2, 0) is 4.79 Å². The molecule has 0 saturated carbocycles. The van der Waals surface area contributed by atoms with Gasteiger partial charge in [0, 0.05) is 18.5 Å². The van der Waals surface area contributed by atoms with Crippen LogP contribution in [-0.4, -0.2) is 18.9 Å². The molecule has 0 saturated heterocycles. The minimum absolute atomic E-state index is 0.0943. The summed E-state index contributed by atoms with van der Waals surface area (Å²) < 4.78 is 23.3. The highest BCUT2D eigenvalue weighted by atomic mass is 19.3. The molecule has 1 N–H and O–H groups in total. The van der Waals surface area contributed by atoms with Gasteiger partial charge in [-0.15, -0.1) is 0 Å². The number of carbonyl (C=O) groups is 1. The number of rotatable bonds is 6. The zero-order valence-electron chi connectivity index (χ0n) is 7.78. The molecule has 0 aromatic carbocycles. The van der Waals surface area contributed by atoms with E-state index in [0.717, 1.165) is 0 Å². The van der Waals surface area contributed by atoms with Gasteiger partial charge in [-0.2, -0.15) is 0 Å². The van der Waals surface area contributed by atoms with E-state index in [0.29, 0.717) is 25.0 Å². The molecule has 76 valence electrons. The van der Waals surface area contributed by atoms with Gasteiger partial charge in [-0.3, -0.25) is 4.79 Å². The Bertz CT molecular complexity index is 180. The van der Waals surface area contributed by atoms with E-state index in [1.165, 1.54) is 0 Å². The van der Waals surface area contributed by atoms with Crippen molar-refractivity contribution in [2.24, 2.45) is 0 Å². The average molecular weight is 191 g/mol. The molecule has 0 radical (unpaired) electrons. The third kappa shape index (κ3) is 7.43. The first-order valence-corrected chi connectivity index (χ1v) is 4.26. The van der Waals surface area contributed by atoms with Gasteiger partial charge in [-0.05, 0) is 19.8 Å². The minimum atomic E-state index is -2.24. The Balaban J connectivity index is 3.26. The van der Waals surface area contributed by atoms with Gasteiger partial charge in [0.1, 0.15) is 0 Å². The molecule has 1 amide bonds. The Morgan fingerprint density at radius 2 is 2.08 bits per heavy atom. The van der Waals surface area contributed by atoms with Crippen molar-refractivity contribution in [1.29, 1.82) is 0 Å². The number of unbranched alkanes of at least 4 members (excludes halogenated alkanes) is 1. The smallest absolute Gasteiger partial charge is 0.246 e. The van der Waals surface area contributed by atoms with Gasteiger partial charge in [0.25, 0.3) is 0 Å². The summed E-state index contributed by atoms with van der Waals surface area (Å²) in [6.45, 7) is 5.50. The van der Waals surface area contributed by atoms with Crippen molar-refractivity contribution >= 4 is 5.91 Å². The molecular weight excluding hydrogens is 176 g/mol. The molecular formula is C9H15F2NO. The lowest BCUT2D eigenvalue weighted by atomic mass is 10.2. The molecule has 0 heterocycles. The van der Waals surface area contributed by atoms with Crippen LogP contribution in [0.2, 0.25) is 0 Å². The van der Waals surface area contributed by atoms with Crippen LogP contribution in [0.1, 0.15) is 26.2 Å². The van der Waals surface area contributed by atoms with Gasteiger partial charge in [0.15, 0.2) is 0 Å². The van der Waals surface area contributed by atoms with Crippen molar-refractivity contribution in [2.75, 3.05) is 6.54 Å². The van der Waals surface area contributed by atoms with Crippen LogP contribution in [0.25, 0.3) is 0 Å². The fraction of sp³-hybridized carbons (Fsp3) is 0.667. The maximum Gasteiger partial charge on any atom is 0.246 e. The Hall–Kier alpha value is -0.930. The predicted molar refractivity (Wildman–Crippen MR) is 47.7 cm³/mol. The highest BCUT2D eigenvalue weighted by Crippen LogP contribution is 2.04. The average Bonchev–Trinajstić information content (AvgIpc) is 2.02. The van der Waals surface area contributed by atoms with E-state index in [-0.39, 0.29) is 12.3 Å². The maximum atomic E-state index is 11.6. The van der Waals surface area contributed by atoms with E-state index < -0.39 is 6.43 Å². The summed E-state index contributed by atoms with van der Waals surface area (Å²) in [6.07, 6.45) is -1.31. The number of nitrogens with one attached hydrogen (secondary N) is 1. The molecule has 0 atom stereocenters. The van der Waals surface area contributed by atoms with Gasteiger partial charge in [0.2, 0.25) is 12.3 Å². The largest absolute Gasteiger partial charge is 0.352 e. The van der Waals surface area contributed by atoms with Gasteiger partial charge < -0.3 is 5.32 Å². The molecule has 2 nitrogen and oxygen atoms in total. The van der Waals surface area contributed by atoms with Crippen molar-refractivity contribution in [3.05, 3.63) is 12.2 Å². The first-order chi connectivity index (χ1) is 6.04. The summed E-state index contributed by atoms with van der Waals surface area (Å²) in [4.78, 5) is 10.9. The molecule has 0 aliphatic carbocycles. The number of carbonyl (C=O) groups excluding carboxylic acids is 1. The molecule has 4 heteroatoms. The summed E-state index contributed by atoms with van der Waals surface area (Å²) >= 11 is 0. The number of halogens is 2. The topological polar surface area (TPSA) is 29.1 Å². The second-order valence-corrected chi connectivity index (χ2v) is 2.92. The van der Waals surface area contributed by atoms with Crippen LogP contribution in [0.15, 0.2) is 12.2 Å². The number of alkyl halides is 2. The quantitative estimate of drug-likeness (QED) is 0.505.